The molecular formula is C21H20ClNO4S. The number of imide groups is 1. The Morgan fingerprint density at radius 2 is 1.82 bits per heavy atom. The van der Waals surface area contributed by atoms with Crippen molar-refractivity contribution in [3.05, 3.63) is 64.0 Å². The Balaban J connectivity index is 1.66. The number of ether oxygens (including phenoxy) is 2. The van der Waals surface area contributed by atoms with Crippen molar-refractivity contribution < 1.29 is 19.1 Å². The molecule has 0 atom stereocenters. The second-order valence-corrected chi connectivity index (χ2v) is 7.77. The molecule has 1 fully saturated rings. The second-order valence-electron chi connectivity index (χ2n) is 6.34. The van der Waals surface area contributed by atoms with Crippen LogP contribution in [0.3, 0.4) is 0 Å². The average molecular weight is 418 g/mol. The van der Waals surface area contributed by atoms with Gasteiger partial charge in [0.2, 0.25) is 0 Å². The van der Waals surface area contributed by atoms with Crippen LogP contribution in [0.5, 0.6) is 11.5 Å². The monoisotopic (exact) mass is 417 g/mol. The lowest BCUT2D eigenvalue weighted by molar-refractivity contribution is -0.123. The van der Waals surface area contributed by atoms with E-state index in [0.29, 0.717) is 21.4 Å². The topological polar surface area (TPSA) is 55.8 Å². The molecule has 1 aliphatic heterocycles. The molecule has 0 aliphatic carbocycles. The van der Waals surface area contributed by atoms with Crippen LogP contribution in [0.4, 0.5) is 4.79 Å². The van der Waals surface area contributed by atoms with E-state index < -0.39 is 0 Å². The van der Waals surface area contributed by atoms with Gasteiger partial charge in [-0.25, -0.2) is 0 Å². The van der Waals surface area contributed by atoms with Crippen molar-refractivity contribution in [1.29, 1.82) is 0 Å². The lowest BCUT2D eigenvalue weighted by Crippen LogP contribution is -2.32. The summed E-state index contributed by atoms with van der Waals surface area (Å²) in [7, 11) is 0. The van der Waals surface area contributed by atoms with Gasteiger partial charge in [-0.2, -0.15) is 0 Å². The normalized spacial score (nSPS) is 15.6. The number of carbonyl (C=O) groups is 2. The first kappa shape index (κ1) is 20.3. The lowest BCUT2D eigenvalue weighted by Gasteiger charge is -2.13. The Morgan fingerprint density at radius 1 is 1.11 bits per heavy atom. The van der Waals surface area contributed by atoms with Crippen molar-refractivity contribution in [3.8, 4) is 11.5 Å². The lowest BCUT2D eigenvalue weighted by atomic mass is 10.2. The summed E-state index contributed by atoms with van der Waals surface area (Å²) in [5, 5.41) is 0.309. The number of amides is 2. The minimum absolute atomic E-state index is 0.00892. The zero-order valence-corrected chi connectivity index (χ0v) is 17.1. The number of nitrogens with zero attached hydrogens (tertiary/aromatic N) is 1. The van der Waals surface area contributed by atoms with E-state index >= 15 is 0 Å². The van der Waals surface area contributed by atoms with Gasteiger partial charge < -0.3 is 9.47 Å². The third-order valence-electron chi connectivity index (χ3n) is 3.84. The Hall–Kier alpha value is -2.44. The zero-order valence-electron chi connectivity index (χ0n) is 15.6. The van der Waals surface area contributed by atoms with Gasteiger partial charge in [0.05, 0.1) is 17.6 Å². The van der Waals surface area contributed by atoms with Crippen molar-refractivity contribution >= 4 is 40.6 Å². The molecule has 1 aliphatic rings. The van der Waals surface area contributed by atoms with Crippen LogP contribution < -0.4 is 9.47 Å². The van der Waals surface area contributed by atoms with E-state index in [2.05, 4.69) is 0 Å². The van der Waals surface area contributed by atoms with Gasteiger partial charge in [-0.1, -0.05) is 29.8 Å². The molecule has 0 aromatic heterocycles. The average Bonchev–Trinajstić information content (AvgIpc) is 2.92. The van der Waals surface area contributed by atoms with Crippen LogP contribution in [0.2, 0.25) is 5.02 Å². The standard InChI is InChI=1S/C21H20ClNO4S/c1-14(2)27-18-6-4-3-5-15(18)13-19-20(24)23(21(25)28-19)11-12-26-17-9-7-16(22)8-10-17/h3-10,13-14H,11-12H2,1-2H3/b19-13-. The van der Waals surface area contributed by atoms with E-state index in [0.717, 1.165) is 17.3 Å². The number of hydrogen-bond donors (Lipinski definition) is 0. The molecule has 1 saturated heterocycles. The van der Waals surface area contributed by atoms with Gasteiger partial charge in [0, 0.05) is 10.6 Å². The van der Waals surface area contributed by atoms with Crippen LogP contribution in [0.1, 0.15) is 19.4 Å². The molecule has 2 amide bonds. The van der Waals surface area contributed by atoms with Gasteiger partial charge in [0.15, 0.2) is 0 Å². The van der Waals surface area contributed by atoms with Crippen LogP contribution in [0.25, 0.3) is 6.08 Å². The van der Waals surface area contributed by atoms with E-state index in [4.69, 9.17) is 21.1 Å². The summed E-state index contributed by atoms with van der Waals surface area (Å²) < 4.78 is 11.4. The highest BCUT2D eigenvalue weighted by Gasteiger charge is 2.35. The molecule has 0 radical (unpaired) electrons. The van der Waals surface area contributed by atoms with Gasteiger partial charge in [-0.15, -0.1) is 0 Å². The molecule has 2 aromatic carbocycles. The fourth-order valence-corrected chi connectivity index (χ4v) is 3.56. The van der Waals surface area contributed by atoms with E-state index in [1.54, 1.807) is 30.3 Å². The number of thioether (sulfide) groups is 1. The van der Waals surface area contributed by atoms with Crippen molar-refractivity contribution in [1.82, 2.24) is 4.90 Å². The number of benzene rings is 2. The molecule has 0 N–H and O–H groups in total. The highest BCUT2D eigenvalue weighted by molar-refractivity contribution is 8.18. The first-order chi connectivity index (χ1) is 13.4. The molecule has 0 saturated carbocycles. The van der Waals surface area contributed by atoms with Crippen molar-refractivity contribution in [3.63, 3.8) is 0 Å². The highest BCUT2D eigenvalue weighted by atomic mass is 35.5. The third kappa shape index (κ3) is 5.09. The fourth-order valence-electron chi connectivity index (χ4n) is 2.58. The molecule has 28 heavy (non-hydrogen) atoms. The Labute approximate surface area is 173 Å². The number of para-hydroxylation sites is 1. The smallest absolute Gasteiger partial charge is 0.293 e. The van der Waals surface area contributed by atoms with Gasteiger partial charge in [0.25, 0.3) is 11.1 Å². The number of carbonyl (C=O) groups excluding carboxylic acids is 2. The van der Waals surface area contributed by atoms with E-state index in [9.17, 15) is 9.59 Å². The van der Waals surface area contributed by atoms with E-state index in [-0.39, 0.29) is 30.4 Å². The van der Waals surface area contributed by atoms with Crippen molar-refractivity contribution in [2.75, 3.05) is 13.2 Å². The largest absolute Gasteiger partial charge is 0.492 e. The summed E-state index contributed by atoms with van der Waals surface area (Å²) >= 11 is 6.76. The van der Waals surface area contributed by atoms with Crippen molar-refractivity contribution in [2.24, 2.45) is 0 Å². The molecule has 146 valence electrons. The minimum Gasteiger partial charge on any atom is -0.492 e. The highest BCUT2D eigenvalue weighted by Crippen LogP contribution is 2.34. The van der Waals surface area contributed by atoms with Crippen LogP contribution >= 0.6 is 23.4 Å². The van der Waals surface area contributed by atoms with Crippen LogP contribution in [-0.4, -0.2) is 35.3 Å². The molecule has 2 aromatic rings. The summed E-state index contributed by atoms with van der Waals surface area (Å²) in [6, 6.07) is 14.3. The SMILES string of the molecule is CC(C)Oc1ccccc1/C=C1\SC(=O)N(CCOc2ccc(Cl)cc2)C1=O. The maximum Gasteiger partial charge on any atom is 0.293 e. The molecule has 0 spiro atoms. The predicted octanol–water partition coefficient (Wildman–Crippen LogP) is 5.24. The summed E-state index contributed by atoms with van der Waals surface area (Å²) in [6.07, 6.45) is 1.71. The minimum atomic E-state index is -0.325. The van der Waals surface area contributed by atoms with Crippen LogP contribution in [-0.2, 0) is 4.79 Å². The number of rotatable bonds is 7. The maximum absolute atomic E-state index is 12.6. The molecular weight excluding hydrogens is 398 g/mol. The first-order valence-corrected chi connectivity index (χ1v) is 10.0. The van der Waals surface area contributed by atoms with Crippen LogP contribution in [0, 0.1) is 0 Å². The van der Waals surface area contributed by atoms with Gasteiger partial charge >= 0.3 is 0 Å². The molecule has 7 heteroatoms. The number of halogens is 1. The van der Waals surface area contributed by atoms with Crippen LogP contribution in [0.15, 0.2) is 53.4 Å². The van der Waals surface area contributed by atoms with Crippen molar-refractivity contribution in [2.45, 2.75) is 20.0 Å². The fraction of sp³-hybridized carbons (Fsp3) is 0.238. The molecule has 5 nitrogen and oxygen atoms in total. The Morgan fingerprint density at radius 3 is 2.54 bits per heavy atom. The van der Waals surface area contributed by atoms with Gasteiger partial charge in [-0.3, -0.25) is 14.5 Å². The van der Waals surface area contributed by atoms with E-state index in [1.807, 2.05) is 38.1 Å². The molecule has 1 heterocycles. The Bertz CT molecular complexity index is 896. The quantitative estimate of drug-likeness (QED) is 0.576. The van der Waals surface area contributed by atoms with Gasteiger partial charge in [-0.05, 0) is 62.0 Å². The Kier molecular flexibility index (Phi) is 6.65. The predicted molar refractivity (Wildman–Crippen MR) is 112 cm³/mol. The maximum atomic E-state index is 12.6. The number of hydrogen-bond acceptors (Lipinski definition) is 5. The first-order valence-electron chi connectivity index (χ1n) is 8.83. The summed E-state index contributed by atoms with van der Waals surface area (Å²) in [5.41, 5.74) is 0.763. The summed E-state index contributed by atoms with van der Waals surface area (Å²) in [5.74, 6) is 0.983. The molecule has 0 bridgehead atoms. The second kappa shape index (κ2) is 9.17. The van der Waals surface area contributed by atoms with E-state index in [1.165, 1.54) is 4.90 Å². The molecule has 3 rings (SSSR count). The summed E-state index contributed by atoms with van der Waals surface area (Å²) in [4.78, 5) is 26.5. The third-order valence-corrected chi connectivity index (χ3v) is 5.00. The zero-order chi connectivity index (χ0) is 20.1. The summed E-state index contributed by atoms with van der Waals surface area (Å²) in [6.45, 7) is 4.26. The van der Waals surface area contributed by atoms with Gasteiger partial charge in [0.1, 0.15) is 18.1 Å². The molecule has 0 unspecified atom stereocenters.